The molecule has 0 aliphatic rings. The van der Waals surface area contributed by atoms with Crippen LogP contribution in [0.5, 0.6) is 11.8 Å². The fourth-order valence-corrected chi connectivity index (χ4v) is 6.08. The molecule has 1 heterocycles. The molecule has 0 radical (unpaired) electrons. The third-order valence-electron chi connectivity index (χ3n) is 3.82. The van der Waals surface area contributed by atoms with Crippen LogP contribution in [0, 0.1) is 0 Å². The predicted octanol–water partition coefficient (Wildman–Crippen LogP) is 1.60. The van der Waals surface area contributed by atoms with Crippen molar-refractivity contribution in [2.24, 2.45) is 0 Å². The Morgan fingerprint density at radius 3 is 2.27 bits per heavy atom. The summed E-state index contributed by atoms with van der Waals surface area (Å²) in [5, 5.41) is 0. The number of nitrogens with zero attached hydrogens (tertiary/aromatic N) is 2. The van der Waals surface area contributed by atoms with E-state index in [2.05, 4.69) is 4.98 Å². The number of ether oxygens (including phenoxy) is 2. The number of thioether (sulfide) groups is 1. The lowest BCUT2D eigenvalue weighted by atomic mass is 10.4. The summed E-state index contributed by atoms with van der Waals surface area (Å²) in [6.45, 7) is 0. The third kappa shape index (κ3) is 6.09. The molecule has 1 amide bonds. The second-order valence-corrected chi connectivity index (χ2v) is 11.0. The summed E-state index contributed by atoms with van der Waals surface area (Å²) in [5.74, 6) is -0.946. The van der Waals surface area contributed by atoms with E-state index < -0.39 is 25.8 Å². The summed E-state index contributed by atoms with van der Waals surface area (Å²) < 4.78 is 59.8. The van der Waals surface area contributed by atoms with Crippen LogP contribution >= 0.6 is 11.8 Å². The molecule has 0 aliphatic carbocycles. The number of sulfonamides is 1. The monoisotopic (exact) mass is 474 g/mol. The molecule has 1 aromatic heterocycles. The Morgan fingerprint density at radius 1 is 1.03 bits per heavy atom. The van der Waals surface area contributed by atoms with Gasteiger partial charge in [0, 0.05) is 11.8 Å². The van der Waals surface area contributed by atoms with Crippen molar-refractivity contribution in [2.75, 3.05) is 42.0 Å². The summed E-state index contributed by atoms with van der Waals surface area (Å²) in [6, 6.07) is 10.7. The molecule has 0 unspecified atom stereocenters. The zero-order valence-electron chi connectivity index (χ0n) is 16.6. The number of methoxy groups -OCH3 is 2. The number of aromatic nitrogens is 1. The molecule has 164 valence electrons. The Hall–Kier alpha value is -2.31. The lowest BCUT2D eigenvalue weighted by Crippen LogP contribution is -2.38. The van der Waals surface area contributed by atoms with Crippen LogP contribution in [0.25, 0.3) is 0 Å². The van der Waals surface area contributed by atoms with Crippen LogP contribution in [-0.4, -0.2) is 65.5 Å². The number of carbonyl (C=O) groups excluding carboxylic acids is 1. The molecule has 0 spiro atoms. The van der Waals surface area contributed by atoms with Gasteiger partial charge in [0.15, 0.2) is 9.84 Å². The van der Waals surface area contributed by atoms with E-state index in [9.17, 15) is 21.6 Å². The Labute approximate surface area is 180 Å². The van der Waals surface area contributed by atoms with Gasteiger partial charge in [0.2, 0.25) is 21.8 Å². The van der Waals surface area contributed by atoms with Crippen molar-refractivity contribution in [1.29, 1.82) is 0 Å². The summed E-state index contributed by atoms with van der Waals surface area (Å²) in [7, 11) is -4.79. The highest BCUT2D eigenvalue weighted by Crippen LogP contribution is 2.31. The van der Waals surface area contributed by atoms with E-state index >= 15 is 0 Å². The van der Waals surface area contributed by atoms with Crippen molar-refractivity contribution in [3.05, 3.63) is 42.5 Å². The second-order valence-electron chi connectivity index (χ2n) is 5.99. The number of hydrogen-bond acceptors (Lipinski definition) is 9. The highest BCUT2D eigenvalue weighted by molar-refractivity contribution is 8.01. The quantitative estimate of drug-likeness (QED) is 0.473. The van der Waals surface area contributed by atoms with Gasteiger partial charge in [0.1, 0.15) is 5.69 Å². The highest BCUT2D eigenvalue weighted by atomic mass is 32.2. The first-order valence-corrected chi connectivity index (χ1v) is 13.2. The molecule has 12 heteroatoms. The van der Waals surface area contributed by atoms with Crippen LogP contribution in [0.15, 0.2) is 47.4 Å². The largest absolute Gasteiger partial charge is 0.481 e. The standard InChI is InChI=1S/C18H22N2O7S3/c1-26-16-10-9-15(18(19-16)27-2)20(29(3,22)23)17(21)13-28-11-12-30(24,25)14-7-5-4-6-8-14/h4-10H,11-13H2,1-3H3. The minimum atomic E-state index is -3.99. The van der Waals surface area contributed by atoms with E-state index in [1.54, 1.807) is 18.2 Å². The van der Waals surface area contributed by atoms with E-state index in [4.69, 9.17) is 9.47 Å². The number of benzene rings is 1. The molecule has 0 bridgehead atoms. The van der Waals surface area contributed by atoms with Gasteiger partial charge in [-0.25, -0.2) is 21.1 Å². The van der Waals surface area contributed by atoms with E-state index in [0.29, 0.717) is 4.31 Å². The van der Waals surface area contributed by atoms with Crippen LogP contribution in [0.4, 0.5) is 5.69 Å². The van der Waals surface area contributed by atoms with Gasteiger partial charge in [-0.3, -0.25) is 4.79 Å². The number of anilines is 1. The van der Waals surface area contributed by atoms with E-state index in [-0.39, 0.29) is 39.6 Å². The van der Waals surface area contributed by atoms with Crippen LogP contribution in [0.2, 0.25) is 0 Å². The first-order chi connectivity index (χ1) is 14.1. The van der Waals surface area contributed by atoms with Gasteiger partial charge in [-0.1, -0.05) is 18.2 Å². The Bertz CT molecular complexity index is 1090. The minimum absolute atomic E-state index is 0.0525. The van der Waals surface area contributed by atoms with Gasteiger partial charge >= 0.3 is 0 Å². The molecular weight excluding hydrogens is 452 g/mol. The SMILES string of the molecule is COc1ccc(N(C(=O)CSCCS(=O)(=O)c2ccccc2)S(C)(=O)=O)c(OC)n1. The lowest BCUT2D eigenvalue weighted by molar-refractivity contribution is -0.115. The molecule has 0 saturated heterocycles. The molecular formula is C18H22N2O7S3. The molecule has 0 aliphatic heterocycles. The van der Waals surface area contributed by atoms with Crippen LogP contribution in [0.1, 0.15) is 0 Å². The summed E-state index contributed by atoms with van der Waals surface area (Å²) in [4.78, 5) is 16.9. The summed E-state index contributed by atoms with van der Waals surface area (Å²) >= 11 is 1.02. The van der Waals surface area contributed by atoms with Gasteiger partial charge in [-0.05, 0) is 18.2 Å². The fraction of sp³-hybridized carbons (Fsp3) is 0.333. The van der Waals surface area contributed by atoms with E-state index in [1.165, 1.54) is 38.5 Å². The van der Waals surface area contributed by atoms with Gasteiger partial charge < -0.3 is 9.47 Å². The van der Waals surface area contributed by atoms with Crippen molar-refractivity contribution in [1.82, 2.24) is 4.98 Å². The molecule has 2 aromatic rings. The summed E-state index contributed by atoms with van der Waals surface area (Å²) in [6.07, 6.45) is 0.888. The maximum absolute atomic E-state index is 12.7. The number of amides is 1. The number of hydrogen-bond donors (Lipinski definition) is 0. The Kier molecular flexibility index (Phi) is 8.10. The van der Waals surface area contributed by atoms with Crippen molar-refractivity contribution in [3.8, 4) is 11.8 Å². The summed E-state index contributed by atoms with van der Waals surface area (Å²) in [5.41, 5.74) is -0.0525. The number of carbonyl (C=O) groups is 1. The van der Waals surface area contributed by atoms with Crippen LogP contribution in [0.3, 0.4) is 0 Å². The predicted molar refractivity (Wildman–Crippen MR) is 115 cm³/mol. The molecule has 0 N–H and O–H groups in total. The molecule has 2 rings (SSSR count). The fourth-order valence-electron chi connectivity index (χ4n) is 2.46. The average Bonchev–Trinajstić information content (AvgIpc) is 2.71. The zero-order chi connectivity index (χ0) is 22.4. The number of pyridine rings is 1. The molecule has 9 nitrogen and oxygen atoms in total. The number of rotatable bonds is 10. The Morgan fingerprint density at radius 2 is 1.70 bits per heavy atom. The number of sulfone groups is 1. The third-order valence-corrected chi connectivity index (χ3v) is 7.82. The first-order valence-electron chi connectivity index (χ1n) is 8.58. The lowest BCUT2D eigenvalue weighted by Gasteiger charge is -2.22. The topological polar surface area (TPSA) is 120 Å². The van der Waals surface area contributed by atoms with Crippen LogP contribution < -0.4 is 13.8 Å². The highest BCUT2D eigenvalue weighted by Gasteiger charge is 2.29. The minimum Gasteiger partial charge on any atom is -0.481 e. The van der Waals surface area contributed by atoms with Crippen molar-refractivity contribution >= 4 is 43.2 Å². The first kappa shape index (κ1) is 24.0. The molecule has 0 atom stereocenters. The van der Waals surface area contributed by atoms with E-state index in [1.807, 2.05) is 0 Å². The second kappa shape index (κ2) is 10.1. The van der Waals surface area contributed by atoms with Crippen LogP contribution in [-0.2, 0) is 24.7 Å². The molecule has 30 heavy (non-hydrogen) atoms. The van der Waals surface area contributed by atoms with Gasteiger partial charge in [-0.15, -0.1) is 0 Å². The maximum Gasteiger partial charge on any atom is 0.250 e. The molecule has 1 aromatic carbocycles. The zero-order valence-corrected chi connectivity index (χ0v) is 19.1. The van der Waals surface area contributed by atoms with Gasteiger partial charge in [-0.2, -0.15) is 16.7 Å². The normalized spacial score (nSPS) is 11.7. The Balaban J connectivity index is 2.11. The van der Waals surface area contributed by atoms with Gasteiger partial charge in [0.05, 0.1) is 36.9 Å². The van der Waals surface area contributed by atoms with E-state index in [0.717, 1.165) is 18.0 Å². The van der Waals surface area contributed by atoms with Crippen molar-refractivity contribution in [2.45, 2.75) is 4.90 Å². The maximum atomic E-state index is 12.7. The van der Waals surface area contributed by atoms with Crippen molar-refractivity contribution in [3.63, 3.8) is 0 Å². The van der Waals surface area contributed by atoms with Gasteiger partial charge in [0.25, 0.3) is 5.91 Å². The molecule has 0 fully saturated rings. The average molecular weight is 475 g/mol. The molecule has 0 saturated carbocycles. The van der Waals surface area contributed by atoms with Crippen molar-refractivity contribution < 1.29 is 31.1 Å². The smallest absolute Gasteiger partial charge is 0.250 e.